The Morgan fingerprint density at radius 1 is 1.65 bits per heavy atom. The number of hydrogen-bond donors (Lipinski definition) is 1. The van der Waals surface area contributed by atoms with E-state index in [0.717, 1.165) is 10.6 Å². The van der Waals surface area contributed by atoms with Crippen molar-refractivity contribution in [2.24, 2.45) is 0 Å². The van der Waals surface area contributed by atoms with Crippen molar-refractivity contribution in [3.63, 3.8) is 0 Å². The van der Waals surface area contributed by atoms with E-state index < -0.39 is 22.1 Å². The first-order chi connectivity index (χ1) is 7.93. The number of allylic oxidation sites excluding steroid dienone is 1. The maximum absolute atomic E-state index is 11.5. The average molecular weight is 238 g/mol. The number of nitro groups is 1. The second-order valence-corrected chi connectivity index (χ2v) is 3.30. The molecule has 1 heterocycles. The number of nitrogens with zero attached hydrogens (tertiary/aromatic N) is 2. The van der Waals surface area contributed by atoms with E-state index in [1.54, 1.807) is 0 Å². The van der Waals surface area contributed by atoms with Crippen molar-refractivity contribution in [1.82, 2.24) is 4.57 Å². The van der Waals surface area contributed by atoms with Crippen LogP contribution in [0, 0.1) is 10.1 Å². The zero-order valence-corrected chi connectivity index (χ0v) is 8.99. The molecule has 0 aromatic carbocycles. The highest BCUT2D eigenvalue weighted by atomic mass is 16.6. The van der Waals surface area contributed by atoms with Gasteiger partial charge in [0.05, 0.1) is 4.92 Å². The first kappa shape index (κ1) is 12.6. The van der Waals surface area contributed by atoms with Gasteiger partial charge in [-0.15, -0.1) is 0 Å². The van der Waals surface area contributed by atoms with Crippen LogP contribution in [-0.2, 0) is 11.3 Å². The topological polar surface area (TPSA) is 102 Å². The lowest BCUT2D eigenvalue weighted by atomic mass is 10.3. The number of pyridine rings is 1. The van der Waals surface area contributed by atoms with Gasteiger partial charge in [-0.1, -0.05) is 6.08 Å². The van der Waals surface area contributed by atoms with Crippen LogP contribution < -0.4 is 5.56 Å². The molecule has 0 aliphatic rings. The fourth-order valence-corrected chi connectivity index (χ4v) is 1.13. The van der Waals surface area contributed by atoms with Crippen LogP contribution in [0.1, 0.15) is 6.92 Å². The molecule has 0 saturated heterocycles. The lowest BCUT2D eigenvalue weighted by Crippen LogP contribution is -2.21. The number of aliphatic carboxylic acids is 1. The molecule has 0 unspecified atom stereocenters. The van der Waals surface area contributed by atoms with Crippen molar-refractivity contribution in [1.29, 1.82) is 0 Å². The van der Waals surface area contributed by atoms with Crippen LogP contribution in [0.25, 0.3) is 0 Å². The molecule has 1 N–H and O–H groups in total. The van der Waals surface area contributed by atoms with Crippen LogP contribution >= 0.6 is 0 Å². The first-order valence-corrected chi connectivity index (χ1v) is 4.67. The summed E-state index contributed by atoms with van der Waals surface area (Å²) in [7, 11) is 0. The summed E-state index contributed by atoms with van der Waals surface area (Å²) >= 11 is 0. The third-order valence-electron chi connectivity index (χ3n) is 2.13. The highest BCUT2D eigenvalue weighted by Crippen LogP contribution is 2.02. The summed E-state index contributed by atoms with van der Waals surface area (Å²) in [6.07, 6.45) is 2.68. The van der Waals surface area contributed by atoms with Gasteiger partial charge in [-0.05, 0) is 13.0 Å². The molecule has 0 radical (unpaired) electrons. The third kappa shape index (κ3) is 3.00. The van der Waals surface area contributed by atoms with E-state index >= 15 is 0 Å². The van der Waals surface area contributed by atoms with Gasteiger partial charge in [-0.25, -0.2) is 4.79 Å². The Labute approximate surface area is 95.8 Å². The number of rotatable bonds is 4. The molecule has 17 heavy (non-hydrogen) atoms. The Bertz CT molecular complexity index is 544. The lowest BCUT2D eigenvalue weighted by Gasteiger charge is -2.01. The van der Waals surface area contributed by atoms with Crippen molar-refractivity contribution in [2.75, 3.05) is 0 Å². The molecular formula is C10H10N2O5. The second-order valence-electron chi connectivity index (χ2n) is 3.30. The number of hydrogen-bond acceptors (Lipinski definition) is 4. The predicted molar refractivity (Wildman–Crippen MR) is 58.7 cm³/mol. The molecule has 0 amide bonds. The van der Waals surface area contributed by atoms with E-state index in [2.05, 4.69) is 0 Å². The summed E-state index contributed by atoms with van der Waals surface area (Å²) in [5.74, 6) is -1.09. The van der Waals surface area contributed by atoms with Crippen molar-refractivity contribution >= 4 is 11.7 Å². The van der Waals surface area contributed by atoms with Crippen LogP contribution in [0.15, 0.2) is 34.8 Å². The molecule has 0 saturated carbocycles. The van der Waals surface area contributed by atoms with Crippen LogP contribution in [0.4, 0.5) is 5.69 Å². The average Bonchev–Trinajstić information content (AvgIpc) is 2.26. The van der Waals surface area contributed by atoms with Crippen molar-refractivity contribution in [2.45, 2.75) is 13.5 Å². The van der Waals surface area contributed by atoms with Gasteiger partial charge in [0.25, 0.3) is 0 Å². The Morgan fingerprint density at radius 3 is 2.82 bits per heavy atom. The van der Waals surface area contributed by atoms with E-state index in [1.165, 1.54) is 25.3 Å². The fourth-order valence-electron chi connectivity index (χ4n) is 1.13. The smallest absolute Gasteiger partial charge is 0.334 e. The molecule has 0 aliphatic heterocycles. The van der Waals surface area contributed by atoms with Crippen LogP contribution in [-0.4, -0.2) is 20.6 Å². The molecule has 0 atom stereocenters. The van der Waals surface area contributed by atoms with E-state index in [-0.39, 0.29) is 12.1 Å². The Morgan fingerprint density at radius 2 is 2.29 bits per heavy atom. The maximum atomic E-state index is 11.5. The van der Waals surface area contributed by atoms with Crippen LogP contribution in [0.2, 0.25) is 0 Å². The standard InChI is InChI=1S/C10H10N2O5/c1-7(10(14)15)4-6-11-5-2-3-8(9(11)13)12(16)17/h2-5H,6H2,1H3,(H,14,15). The molecule has 1 rings (SSSR count). The van der Waals surface area contributed by atoms with Gasteiger partial charge in [-0.2, -0.15) is 0 Å². The fraction of sp³-hybridized carbons (Fsp3) is 0.200. The molecule has 1 aromatic heterocycles. The van der Waals surface area contributed by atoms with E-state index in [0.29, 0.717) is 0 Å². The summed E-state index contributed by atoms with van der Waals surface area (Å²) < 4.78 is 1.07. The first-order valence-electron chi connectivity index (χ1n) is 4.67. The van der Waals surface area contributed by atoms with Gasteiger partial charge in [0, 0.05) is 24.4 Å². The van der Waals surface area contributed by atoms with Crippen LogP contribution in [0.5, 0.6) is 0 Å². The molecule has 0 spiro atoms. The SMILES string of the molecule is CC(=CCn1cccc([N+](=O)[O-])c1=O)C(=O)O. The molecule has 0 aliphatic carbocycles. The zero-order valence-electron chi connectivity index (χ0n) is 8.99. The highest BCUT2D eigenvalue weighted by molar-refractivity contribution is 5.85. The van der Waals surface area contributed by atoms with Crippen molar-refractivity contribution in [3.05, 3.63) is 50.4 Å². The summed E-state index contributed by atoms with van der Waals surface area (Å²) in [6, 6.07) is 2.47. The highest BCUT2D eigenvalue weighted by Gasteiger charge is 2.12. The lowest BCUT2D eigenvalue weighted by molar-refractivity contribution is -0.386. The number of aromatic nitrogens is 1. The molecule has 90 valence electrons. The minimum absolute atomic E-state index is 0.0152. The van der Waals surface area contributed by atoms with Gasteiger partial charge < -0.3 is 9.67 Å². The summed E-state index contributed by atoms with van der Waals surface area (Å²) in [5, 5.41) is 19.1. The largest absolute Gasteiger partial charge is 0.478 e. The normalized spacial score (nSPS) is 11.2. The second kappa shape index (κ2) is 5.06. The maximum Gasteiger partial charge on any atom is 0.334 e. The van der Waals surface area contributed by atoms with Gasteiger partial charge in [0.1, 0.15) is 0 Å². The molecule has 7 heteroatoms. The Hall–Kier alpha value is -2.44. The summed E-state index contributed by atoms with van der Waals surface area (Å²) in [4.78, 5) is 31.8. The zero-order chi connectivity index (χ0) is 13.0. The van der Waals surface area contributed by atoms with Crippen LogP contribution in [0.3, 0.4) is 0 Å². The van der Waals surface area contributed by atoms with E-state index in [9.17, 15) is 19.7 Å². The summed E-state index contributed by atoms with van der Waals surface area (Å²) in [5.41, 5.74) is -1.22. The molecule has 0 bridgehead atoms. The van der Waals surface area contributed by atoms with E-state index in [4.69, 9.17) is 5.11 Å². The van der Waals surface area contributed by atoms with E-state index in [1.807, 2.05) is 0 Å². The monoisotopic (exact) mass is 238 g/mol. The van der Waals surface area contributed by atoms with Gasteiger partial charge in [0.2, 0.25) is 0 Å². The Kier molecular flexibility index (Phi) is 3.76. The molecular weight excluding hydrogens is 228 g/mol. The van der Waals surface area contributed by atoms with Crippen molar-refractivity contribution in [3.8, 4) is 0 Å². The number of carbonyl (C=O) groups is 1. The summed E-state index contributed by atoms with van der Waals surface area (Å²) in [6.45, 7) is 1.36. The minimum Gasteiger partial charge on any atom is -0.478 e. The van der Waals surface area contributed by atoms with Gasteiger partial charge in [-0.3, -0.25) is 14.9 Å². The molecule has 7 nitrogen and oxygen atoms in total. The quantitative estimate of drug-likeness (QED) is 0.474. The molecule has 1 aromatic rings. The minimum atomic E-state index is -1.09. The number of carboxylic acids is 1. The van der Waals surface area contributed by atoms with Crippen molar-refractivity contribution < 1.29 is 14.8 Å². The van der Waals surface area contributed by atoms with Gasteiger partial charge in [0.15, 0.2) is 0 Å². The molecule has 0 fully saturated rings. The number of carboxylic acid groups (broad SMARTS) is 1. The third-order valence-corrected chi connectivity index (χ3v) is 2.13. The predicted octanol–water partition coefficient (Wildman–Crippen LogP) is 0.787. The van der Waals surface area contributed by atoms with Gasteiger partial charge >= 0.3 is 17.2 Å². The Balaban J connectivity index is 3.06.